The number of methoxy groups -OCH3 is 2. The summed E-state index contributed by atoms with van der Waals surface area (Å²) in [4.78, 5) is 6.70. The molecule has 0 fully saturated rings. The zero-order valence-corrected chi connectivity index (χ0v) is 18.7. The van der Waals surface area contributed by atoms with Gasteiger partial charge >= 0.3 is 0 Å². The number of aliphatic imine (C=N–C) groups is 1. The molecule has 0 aliphatic heterocycles. The van der Waals surface area contributed by atoms with Crippen molar-refractivity contribution in [2.24, 2.45) is 10.7 Å². The van der Waals surface area contributed by atoms with E-state index in [0.717, 1.165) is 18.8 Å². The van der Waals surface area contributed by atoms with Crippen molar-refractivity contribution in [2.45, 2.75) is 13.8 Å². The monoisotopic (exact) mass is 484 g/mol. The fourth-order valence-electron chi connectivity index (χ4n) is 2.69. The molecule has 0 radical (unpaired) electrons. The Kier molecular flexibility index (Phi) is 9.77. The molecule has 0 heterocycles. The van der Waals surface area contributed by atoms with Gasteiger partial charge in [-0.25, -0.2) is 0 Å². The van der Waals surface area contributed by atoms with Crippen LogP contribution < -0.4 is 25.4 Å². The molecule has 6 nitrogen and oxygen atoms in total. The van der Waals surface area contributed by atoms with Crippen LogP contribution in [0.25, 0.3) is 0 Å². The molecule has 2 aromatic carbocycles. The number of hydrogen-bond donors (Lipinski definition) is 2. The van der Waals surface area contributed by atoms with E-state index >= 15 is 0 Å². The van der Waals surface area contributed by atoms with Crippen molar-refractivity contribution in [1.29, 1.82) is 0 Å². The lowest BCUT2D eigenvalue weighted by atomic mass is 10.2. The van der Waals surface area contributed by atoms with Crippen LogP contribution >= 0.6 is 24.0 Å². The van der Waals surface area contributed by atoms with Gasteiger partial charge in [-0.05, 0) is 43.7 Å². The number of hydrogen-bond acceptors (Lipinski definition) is 4. The highest BCUT2D eigenvalue weighted by Gasteiger charge is 2.06. The van der Waals surface area contributed by atoms with Gasteiger partial charge < -0.3 is 25.4 Å². The SMILES string of the molecule is CCN(CCN=C(N)Nc1ccc(OC)c(OC)c1)c1cccc(C)c1.I. The molecule has 0 saturated heterocycles. The maximum atomic E-state index is 6.01. The number of nitrogens with zero attached hydrogens (tertiary/aromatic N) is 2. The minimum atomic E-state index is 0. The van der Waals surface area contributed by atoms with Gasteiger partial charge in [-0.15, -0.1) is 24.0 Å². The maximum absolute atomic E-state index is 6.01. The normalized spacial score (nSPS) is 10.7. The second-order valence-electron chi connectivity index (χ2n) is 5.88. The zero-order valence-electron chi connectivity index (χ0n) is 16.4. The molecule has 2 aromatic rings. The average molecular weight is 484 g/mol. The second-order valence-corrected chi connectivity index (χ2v) is 5.88. The molecule has 0 aromatic heterocycles. The Hall–Kier alpha value is -2.16. The van der Waals surface area contributed by atoms with Crippen LogP contribution in [0.3, 0.4) is 0 Å². The highest BCUT2D eigenvalue weighted by atomic mass is 127. The number of ether oxygens (including phenoxy) is 2. The van der Waals surface area contributed by atoms with Crippen molar-refractivity contribution in [3.63, 3.8) is 0 Å². The van der Waals surface area contributed by atoms with Gasteiger partial charge in [0.25, 0.3) is 0 Å². The van der Waals surface area contributed by atoms with Gasteiger partial charge in [0.05, 0.1) is 20.8 Å². The van der Waals surface area contributed by atoms with Crippen LogP contribution in [0, 0.1) is 6.92 Å². The van der Waals surface area contributed by atoms with Crippen molar-refractivity contribution in [3.8, 4) is 11.5 Å². The first-order chi connectivity index (χ1) is 12.6. The van der Waals surface area contributed by atoms with Crippen LogP contribution in [0.5, 0.6) is 11.5 Å². The predicted molar refractivity (Wildman–Crippen MR) is 124 cm³/mol. The Bertz CT molecular complexity index is 753. The predicted octanol–water partition coefficient (Wildman–Crippen LogP) is 3.88. The first-order valence-corrected chi connectivity index (χ1v) is 8.68. The van der Waals surface area contributed by atoms with Crippen LogP contribution in [0.1, 0.15) is 12.5 Å². The first-order valence-electron chi connectivity index (χ1n) is 8.68. The van der Waals surface area contributed by atoms with Crippen molar-refractivity contribution < 1.29 is 9.47 Å². The van der Waals surface area contributed by atoms with Gasteiger partial charge in [-0.3, -0.25) is 4.99 Å². The zero-order chi connectivity index (χ0) is 18.9. The lowest BCUT2D eigenvalue weighted by Gasteiger charge is -2.22. The van der Waals surface area contributed by atoms with Crippen molar-refractivity contribution >= 4 is 41.3 Å². The molecule has 0 aliphatic rings. The highest BCUT2D eigenvalue weighted by molar-refractivity contribution is 14.0. The van der Waals surface area contributed by atoms with E-state index in [1.807, 2.05) is 18.2 Å². The fourth-order valence-corrected chi connectivity index (χ4v) is 2.69. The van der Waals surface area contributed by atoms with E-state index in [9.17, 15) is 0 Å². The molecule has 148 valence electrons. The van der Waals surface area contributed by atoms with E-state index in [4.69, 9.17) is 15.2 Å². The molecule has 3 N–H and O–H groups in total. The third kappa shape index (κ3) is 6.82. The number of aryl methyl sites for hydroxylation is 1. The Labute approximate surface area is 178 Å². The van der Waals surface area contributed by atoms with E-state index in [2.05, 4.69) is 53.3 Å². The number of likely N-dealkylation sites (N-methyl/N-ethyl adjacent to an activating group) is 1. The Morgan fingerprint density at radius 2 is 1.85 bits per heavy atom. The van der Waals surface area contributed by atoms with Crippen molar-refractivity contribution in [1.82, 2.24) is 0 Å². The van der Waals surface area contributed by atoms with Gasteiger partial charge in [0.15, 0.2) is 17.5 Å². The van der Waals surface area contributed by atoms with Crippen LogP contribution in [-0.2, 0) is 0 Å². The Balaban J connectivity index is 0.00000364. The molecular weight excluding hydrogens is 455 g/mol. The Morgan fingerprint density at radius 1 is 1.11 bits per heavy atom. The molecule has 0 aliphatic carbocycles. The van der Waals surface area contributed by atoms with E-state index in [1.165, 1.54) is 11.3 Å². The van der Waals surface area contributed by atoms with E-state index < -0.39 is 0 Å². The first kappa shape index (κ1) is 22.9. The highest BCUT2D eigenvalue weighted by Crippen LogP contribution is 2.29. The summed E-state index contributed by atoms with van der Waals surface area (Å²) >= 11 is 0. The fraction of sp³-hybridized carbons (Fsp3) is 0.350. The lowest BCUT2D eigenvalue weighted by Crippen LogP contribution is -2.28. The summed E-state index contributed by atoms with van der Waals surface area (Å²) < 4.78 is 10.5. The van der Waals surface area contributed by atoms with Gasteiger partial charge in [0.1, 0.15) is 0 Å². The molecule has 0 unspecified atom stereocenters. The van der Waals surface area contributed by atoms with Gasteiger partial charge in [0, 0.05) is 30.5 Å². The molecule has 0 saturated carbocycles. The van der Waals surface area contributed by atoms with Crippen molar-refractivity contribution in [3.05, 3.63) is 48.0 Å². The molecule has 0 amide bonds. The van der Waals surface area contributed by atoms with Crippen LogP contribution in [0.15, 0.2) is 47.5 Å². The summed E-state index contributed by atoms with van der Waals surface area (Å²) in [5, 5.41) is 3.08. The van der Waals surface area contributed by atoms with E-state index in [-0.39, 0.29) is 24.0 Å². The minimum absolute atomic E-state index is 0. The van der Waals surface area contributed by atoms with E-state index in [0.29, 0.717) is 24.0 Å². The maximum Gasteiger partial charge on any atom is 0.193 e. The summed E-state index contributed by atoms with van der Waals surface area (Å²) in [6.07, 6.45) is 0. The Morgan fingerprint density at radius 3 is 2.48 bits per heavy atom. The molecule has 7 heteroatoms. The standard InChI is InChI=1S/C20H28N4O2.HI/c1-5-24(17-8-6-7-15(2)13-17)12-11-22-20(21)23-16-9-10-18(25-3)19(14-16)26-4;/h6-10,13-14H,5,11-12H2,1-4H3,(H3,21,22,23);1H. The quantitative estimate of drug-likeness (QED) is 0.338. The molecule has 0 atom stereocenters. The average Bonchev–Trinajstić information content (AvgIpc) is 2.65. The van der Waals surface area contributed by atoms with Gasteiger partial charge in [-0.1, -0.05) is 12.1 Å². The molecule has 0 spiro atoms. The number of benzene rings is 2. The lowest BCUT2D eigenvalue weighted by molar-refractivity contribution is 0.355. The smallest absolute Gasteiger partial charge is 0.193 e. The summed E-state index contributed by atoms with van der Waals surface area (Å²) in [6, 6.07) is 14.0. The topological polar surface area (TPSA) is 72.1 Å². The number of halogens is 1. The third-order valence-corrected chi connectivity index (χ3v) is 4.06. The van der Waals surface area contributed by atoms with Gasteiger partial charge in [0.2, 0.25) is 0 Å². The molecule has 0 bridgehead atoms. The van der Waals surface area contributed by atoms with Crippen molar-refractivity contribution in [2.75, 3.05) is 44.1 Å². The number of rotatable bonds is 8. The number of nitrogens with one attached hydrogen (secondary N) is 1. The molecular formula is C20H29IN4O2. The summed E-state index contributed by atoms with van der Waals surface area (Å²) in [5.74, 6) is 1.68. The van der Waals surface area contributed by atoms with Crippen LogP contribution in [0.4, 0.5) is 11.4 Å². The van der Waals surface area contributed by atoms with Gasteiger partial charge in [-0.2, -0.15) is 0 Å². The minimum Gasteiger partial charge on any atom is -0.493 e. The summed E-state index contributed by atoms with van der Waals surface area (Å²) in [5.41, 5.74) is 9.26. The summed E-state index contributed by atoms with van der Waals surface area (Å²) in [7, 11) is 3.21. The molecule has 27 heavy (non-hydrogen) atoms. The van der Waals surface area contributed by atoms with Crippen LogP contribution in [-0.4, -0.2) is 39.8 Å². The van der Waals surface area contributed by atoms with Crippen LogP contribution in [0.2, 0.25) is 0 Å². The largest absolute Gasteiger partial charge is 0.493 e. The van der Waals surface area contributed by atoms with E-state index in [1.54, 1.807) is 14.2 Å². The summed E-state index contributed by atoms with van der Waals surface area (Å²) in [6.45, 7) is 6.56. The second kappa shape index (κ2) is 11.5. The molecule has 2 rings (SSSR count). The number of guanidine groups is 1. The number of nitrogens with two attached hydrogens (primary N) is 1. The number of anilines is 2. The third-order valence-electron chi connectivity index (χ3n) is 4.06.